The average molecular weight is 401 g/mol. The van der Waals surface area contributed by atoms with Crippen LogP contribution < -0.4 is 4.74 Å². The molecule has 15 heavy (non-hydrogen) atoms. The summed E-state index contributed by atoms with van der Waals surface area (Å²) in [6.45, 7) is 5.00. The van der Waals surface area contributed by atoms with E-state index in [0.717, 1.165) is 17.9 Å². The van der Waals surface area contributed by atoms with E-state index in [2.05, 4.69) is 61.6 Å². The first-order valence-electron chi connectivity index (χ1n) is 4.69. The first-order chi connectivity index (χ1) is 6.89. The van der Waals surface area contributed by atoms with Crippen LogP contribution in [0, 0.1) is 5.92 Å². The topological polar surface area (TPSA) is 9.23 Å². The Bertz CT molecular complexity index is 318. The molecule has 0 radical (unpaired) electrons. The molecule has 1 aromatic rings. The van der Waals surface area contributed by atoms with Crippen LogP contribution in [0.15, 0.2) is 24.3 Å². The maximum absolute atomic E-state index is 5.64. The highest BCUT2D eigenvalue weighted by atomic mass is 80.0. The van der Waals surface area contributed by atoms with Gasteiger partial charge in [-0.1, -0.05) is 73.8 Å². The lowest BCUT2D eigenvalue weighted by Gasteiger charge is -2.15. The number of hydrogen-bond donors (Lipinski definition) is 0. The lowest BCUT2D eigenvalue weighted by atomic mass is 10.2. The summed E-state index contributed by atoms with van der Waals surface area (Å²) in [6, 6.07) is 7.95. The minimum absolute atomic E-state index is 0.371. The Morgan fingerprint density at radius 1 is 1.27 bits per heavy atom. The predicted molar refractivity (Wildman–Crippen MR) is 75.2 cm³/mol. The van der Waals surface area contributed by atoms with Gasteiger partial charge in [0.1, 0.15) is 5.75 Å². The molecular formula is C11H13Br3O. The maximum atomic E-state index is 5.64. The molecule has 0 heterocycles. The van der Waals surface area contributed by atoms with Crippen molar-refractivity contribution in [1.29, 1.82) is 0 Å². The fourth-order valence-electron chi connectivity index (χ4n) is 1.03. The molecule has 0 atom stereocenters. The van der Waals surface area contributed by atoms with Gasteiger partial charge in [-0.25, -0.2) is 0 Å². The summed E-state index contributed by atoms with van der Waals surface area (Å²) in [6.07, 6.45) is 0. The van der Waals surface area contributed by atoms with Crippen LogP contribution >= 0.6 is 47.8 Å². The van der Waals surface area contributed by atoms with Crippen LogP contribution in [0.4, 0.5) is 0 Å². The summed E-state index contributed by atoms with van der Waals surface area (Å²) in [5.74, 6) is 1.43. The summed E-state index contributed by atoms with van der Waals surface area (Å²) < 4.78 is 5.27. The zero-order chi connectivity index (χ0) is 11.5. The molecule has 1 rings (SSSR count). The van der Waals surface area contributed by atoms with Crippen LogP contribution in [-0.2, 0) is 2.14 Å². The van der Waals surface area contributed by atoms with Crippen molar-refractivity contribution < 1.29 is 4.74 Å². The van der Waals surface area contributed by atoms with Crippen molar-refractivity contribution in [2.75, 3.05) is 6.61 Å². The molecule has 0 N–H and O–H groups in total. The van der Waals surface area contributed by atoms with Gasteiger partial charge in [0, 0.05) is 0 Å². The zero-order valence-corrected chi connectivity index (χ0v) is 13.4. The van der Waals surface area contributed by atoms with E-state index in [1.807, 2.05) is 24.3 Å². The van der Waals surface area contributed by atoms with Crippen LogP contribution in [0.5, 0.6) is 5.75 Å². The molecule has 0 saturated heterocycles. The lowest BCUT2D eigenvalue weighted by molar-refractivity contribution is 0.271. The second kappa shape index (κ2) is 5.69. The highest BCUT2D eigenvalue weighted by Gasteiger charge is 2.20. The number of benzene rings is 1. The van der Waals surface area contributed by atoms with Gasteiger partial charge in [-0.3, -0.25) is 0 Å². The molecule has 0 bridgehead atoms. The molecule has 0 aliphatic carbocycles. The van der Waals surface area contributed by atoms with E-state index in [0.29, 0.717) is 5.92 Å². The quantitative estimate of drug-likeness (QED) is 0.647. The second-order valence-corrected chi connectivity index (χ2v) is 10.5. The number of rotatable bonds is 3. The first kappa shape index (κ1) is 13.5. The van der Waals surface area contributed by atoms with Gasteiger partial charge >= 0.3 is 0 Å². The highest BCUT2D eigenvalue weighted by Crippen LogP contribution is 2.44. The van der Waals surface area contributed by atoms with E-state index in [4.69, 9.17) is 4.74 Å². The monoisotopic (exact) mass is 398 g/mol. The Hall–Kier alpha value is 0.460. The standard InChI is InChI=1S/C11H13Br3O/c1-8(2)7-15-10-5-3-4-9(6-10)11(12,13)14/h3-6,8H,7H2,1-2H3. The smallest absolute Gasteiger partial charge is 0.160 e. The summed E-state index contributed by atoms with van der Waals surface area (Å²) >= 11 is 10.4. The van der Waals surface area contributed by atoms with Gasteiger partial charge in [-0.05, 0) is 23.6 Å². The molecule has 0 aliphatic rings. The van der Waals surface area contributed by atoms with Gasteiger partial charge in [0.15, 0.2) is 2.14 Å². The fraction of sp³-hybridized carbons (Fsp3) is 0.455. The van der Waals surface area contributed by atoms with Crippen LogP contribution in [0.3, 0.4) is 0 Å². The third-order valence-electron chi connectivity index (χ3n) is 1.74. The largest absolute Gasteiger partial charge is 0.493 e. The summed E-state index contributed by atoms with van der Waals surface area (Å²) in [5, 5.41) is 0. The van der Waals surface area contributed by atoms with E-state index in [1.54, 1.807) is 0 Å². The zero-order valence-electron chi connectivity index (χ0n) is 8.64. The van der Waals surface area contributed by atoms with Crippen molar-refractivity contribution in [3.8, 4) is 5.75 Å². The molecule has 0 aromatic heterocycles. The van der Waals surface area contributed by atoms with Crippen LogP contribution in [0.2, 0.25) is 0 Å². The molecule has 0 aliphatic heterocycles. The van der Waals surface area contributed by atoms with Gasteiger partial charge in [0.05, 0.1) is 6.61 Å². The fourth-order valence-corrected chi connectivity index (χ4v) is 1.76. The normalized spacial score (nSPS) is 11.9. The summed E-state index contributed by atoms with van der Waals surface area (Å²) in [7, 11) is 0. The Kier molecular flexibility index (Phi) is 5.13. The Morgan fingerprint density at radius 3 is 2.47 bits per heavy atom. The minimum Gasteiger partial charge on any atom is -0.493 e. The van der Waals surface area contributed by atoms with E-state index in [1.165, 1.54) is 0 Å². The van der Waals surface area contributed by atoms with Crippen LogP contribution in [0.25, 0.3) is 0 Å². The van der Waals surface area contributed by atoms with E-state index in [-0.39, 0.29) is 2.14 Å². The number of hydrogen-bond acceptors (Lipinski definition) is 1. The Morgan fingerprint density at radius 2 is 1.93 bits per heavy atom. The Balaban J connectivity index is 2.75. The van der Waals surface area contributed by atoms with Gasteiger partial charge in [0.2, 0.25) is 0 Å². The molecule has 0 fully saturated rings. The van der Waals surface area contributed by atoms with Crippen molar-refractivity contribution in [1.82, 2.24) is 0 Å². The molecule has 4 heteroatoms. The number of ether oxygens (including phenoxy) is 1. The van der Waals surface area contributed by atoms with E-state index in [9.17, 15) is 0 Å². The third-order valence-corrected chi connectivity index (χ3v) is 3.12. The number of halogens is 3. The molecular weight excluding hydrogens is 388 g/mol. The first-order valence-corrected chi connectivity index (χ1v) is 7.07. The average Bonchev–Trinajstić information content (AvgIpc) is 2.14. The van der Waals surface area contributed by atoms with Gasteiger partial charge < -0.3 is 4.74 Å². The van der Waals surface area contributed by atoms with Gasteiger partial charge in [0.25, 0.3) is 0 Å². The van der Waals surface area contributed by atoms with E-state index < -0.39 is 0 Å². The highest BCUT2D eigenvalue weighted by molar-refractivity contribution is 9.38. The SMILES string of the molecule is CC(C)COc1cccc(C(Br)(Br)Br)c1. The molecule has 1 aromatic carbocycles. The van der Waals surface area contributed by atoms with Crippen LogP contribution in [0.1, 0.15) is 19.4 Å². The Labute approximate surface area is 116 Å². The molecule has 0 amide bonds. The van der Waals surface area contributed by atoms with Crippen LogP contribution in [-0.4, -0.2) is 6.61 Å². The minimum atomic E-state index is -0.371. The molecule has 0 spiro atoms. The van der Waals surface area contributed by atoms with Crippen molar-refractivity contribution >= 4 is 47.8 Å². The molecule has 0 saturated carbocycles. The van der Waals surface area contributed by atoms with E-state index >= 15 is 0 Å². The third kappa shape index (κ3) is 4.87. The van der Waals surface area contributed by atoms with Crippen molar-refractivity contribution in [3.63, 3.8) is 0 Å². The van der Waals surface area contributed by atoms with Crippen molar-refractivity contribution in [2.45, 2.75) is 16.0 Å². The molecule has 84 valence electrons. The van der Waals surface area contributed by atoms with Gasteiger partial charge in [-0.2, -0.15) is 0 Å². The van der Waals surface area contributed by atoms with Crippen molar-refractivity contribution in [2.24, 2.45) is 5.92 Å². The molecule has 1 nitrogen and oxygen atoms in total. The number of alkyl halides is 3. The maximum Gasteiger partial charge on any atom is 0.160 e. The molecule has 0 unspecified atom stereocenters. The lowest BCUT2D eigenvalue weighted by Crippen LogP contribution is -2.05. The predicted octanol–water partition coefficient (Wildman–Crippen LogP) is 5.02. The van der Waals surface area contributed by atoms with Gasteiger partial charge in [-0.15, -0.1) is 0 Å². The summed E-state index contributed by atoms with van der Waals surface area (Å²) in [5.41, 5.74) is 1.07. The van der Waals surface area contributed by atoms with Crippen molar-refractivity contribution in [3.05, 3.63) is 29.8 Å². The second-order valence-electron chi connectivity index (χ2n) is 3.73. The summed E-state index contributed by atoms with van der Waals surface area (Å²) in [4.78, 5) is 0.